The van der Waals surface area contributed by atoms with E-state index in [4.69, 9.17) is 4.74 Å². The number of benzene rings is 2. The lowest BCUT2D eigenvalue weighted by Gasteiger charge is -2.15. The van der Waals surface area contributed by atoms with Crippen molar-refractivity contribution in [2.45, 2.75) is 13.0 Å². The van der Waals surface area contributed by atoms with E-state index in [1.165, 1.54) is 11.0 Å². The number of nitrogens with zero attached hydrogens (tertiary/aromatic N) is 1. The lowest BCUT2D eigenvalue weighted by atomic mass is 10.1. The van der Waals surface area contributed by atoms with E-state index in [0.717, 1.165) is 12.1 Å². The summed E-state index contributed by atoms with van der Waals surface area (Å²) >= 11 is 0. The Kier molecular flexibility index (Phi) is 6.70. The summed E-state index contributed by atoms with van der Waals surface area (Å²) in [4.78, 5) is 25.0. The Morgan fingerprint density at radius 2 is 1.74 bits per heavy atom. The maximum Gasteiger partial charge on any atom is 0.319 e. The van der Waals surface area contributed by atoms with Crippen molar-refractivity contribution in [1.82, 2.24) is 10.2 Å². The molecule has 0 bridgehead atoms. The summed E-state index contributed by atoms with van der Waals surface area (Å²) in [5, 5.41) is 5.27. The summed E-state index contributed by atoms with van der Waals surface area (Å²) in [6.45, 7) is 1.58. The Balaban J connectivity index is 1.87. The van der Waals surface area contributed by atoms with E-state index in [1.807, 2.05) is 0 Å². The van der Waals surface area contributed by atoms with Crippen LogP contribution in [0.5, 0.6) is 5.75 Å². The van der Waals surface area contributed by atoms with E-state index >= 15 is 0 Å². The van der Waals surface area contributed by atoms with Gasteiger partial charge in [0.1, 0.15) is 5.75 Å². The summed E-state index contributed by atoms with van der Waals surface area (Å²) in [6, 6.07) is 8.94. The van der Waals surface area contributed by atoms with Crippen LogP contribution in [0.2, 0.25) is 0 Å². The predicted molar refractivity (Wildman–Crippen MR) is 97.6 cm³/mol. The number of amides is 3. The molecule has 2 N–H and O–H groups in total. The summed E-state index contributed by atoms with van der Waals surface area (Å²) < 4.78 is 31.6. The minimum Gasteiger partial charge on any atom is -0.484 e. The van der Waals surface area contributed by atoms with Crippen molar-refractivity contribution < 1.29 is 23.1 Å². The molecule has 1 unspecified atom stereocenters. The molecule has 0 heterocycles. The van der Waals surface area contributed by atoms with Gasteiger partial charge in [0, 0.05) is 19.8 Å². The third-order valence-corrected chi connectivity index (χ3v) is 3.76. The molecule has 2 rings (SSSR count). The lowest BCUT2D eigenvalue weighted by Crippen LogP contribution is -2.31. The molecule has 8 heteroatoms. The smallest absolute Gasteiger partial charge is 0.319 e. The number of rotatable bonds is 6. The number of halogens is 2. The maximum atomic E-state index is 13.3. The molecule has 0 spiro atoms. The Bertz CT molecular complexity index is 810. The quantitative estimate of drug-likeness (QED) is 0.811. The van der Waals surface area contributed by atoms with Gasteiger partial charge in [-0.05, 0) is 48.9 Å². The molecular weight excluding hydrogens is 356 g/mol. The fourth-order valence-electron chi connectivity index (χ4n) is 2.14. The average molecular weight is 377 g/mol. The molecule has 0 aliphatic rings. The van der Waals surface area contributed by atoms with Gasteiger partial charge in [-0.1, -0.05) is 6.07 Å². The highest BCUT2D eigenvalue weighted by atomic mass is 19.2. The Morgan fingerprint density at radius 3 is 2.33 bits per heavy atom. The number of urea groups is 1. The van der Waals surface area contributed by atoms with Crippen LogP contribution >= 0.6 is 0 Å². The van der Waals surface area contributed by atoms with Crippen molar-refractivity contribution in [2.24, 2.45) is 0 Å². The zero-order valence-electron chi connectivity index (χ0n) is 15.3. The van der Waals surface area contributed by atoms with Crippen molar-refractivity contribution in [2.75, 3.05) is 26.0 Å². The van der Waals surface area contributed by atoms with E-state index < -0.39 is 23.7 Å². The molecule has 0 aliphatic carbocycles. The molecule has 6 nitrogen and oxygen atoms in total. The molecule has 0 radical (unpaired) electrons. The Morgan fingerprint density at radius 1 is 1.07 bits per heavy atom. The average Bonchev–Trinajstić information content (AvgIpc) is 2.62. The van der Waals surface area contributed by atoms with Gasteiger partial charge in [0.15, 0.2) is 18.2 Å². The van der Waals surface area contributed by atoms with E-state index in [-0.39, 0.29) is 12.5 Å². The highest BCUT2D eigenvalue weighted by Crippen LogP contribution is 2.18. The number of carbonyl (C=O) groups is 2. The molecule has 0 fully saturated rings. The van der Waals surface area contributed by atoms with E-state index in [9.17, 15) is 18.4 Å². The van der Waals surface area contributed by atoms with Gasteiger partial charge in [0.05, 0.1) is 6.04 Å². The summed E-state index contributed by atoms with van der Waals surface area (Å²) in [5.74, 6) is -1.58. The van der Waals surface area contributed by atoms with Crippen molar-refractivity contribution in [3.05, 3.63) is 59.7 Å². The van der Waals surface area contributed by atoms with E-state index in [0.29, 0.717) is 17.0 Å². The first-order chi connectivity index (χ1) is 12.8. The van der Waals surface area contributed by atoms with Gasteiger partial charge >= 0.3 is 6.03 Å². The van der Waals surface area contributed by atoms with Crippen molar-refractivity contribution in [3.8, 4) is 5.75 Å². The first kappa shape index (κ1) is 20.2. The molecule has 0 saturated heterocycles. The first-order valence-corrected chi connectivity index (χ1v) is 8.21. The lowest BCUT2D eigenvalue weighted by molar-refractivity contribution is -0.130. The zero-order valence-corrected chi connectivity index (χ0v) is 15.3. The molecule has 1 atom stereocenters. The fourth-order valence-corrected chi connectivity index (χ4v) is 2.14. The summed E-state index contributed by atoms with van der Waals surface area (Å²) in [6.07, 6.45) is 0. The molecule has 0 aliphatic heterocycles. The third kappa shape index (κ3) is 5.95. The van der Waals surface area contributed by atoms with Crippen LogP contribution in [0.15, 0.2) is 42.5 Å². The van der Waals surface area contributed by atoms with Crippen LogP contribution in [0.3, 0.4) is 0 Å². The minimum absolute atomic E-state index is 0.0774. The standard InChI is InChI=1S/C19H21F2N3O3/c1-12(13-4-9-16(20)17(21)10-13)22-19(26)23-14-5-7-15(8-6-14)27-11-18(25)24(2)3/h4-10,12H,11H2,1-3H3,(H2,22,23,26). The van der Waals surface area contributed by atoms with Gasteiger partial charge in [0.25, 0.3) is 5.91 Å². The molecule has 0 aromatic heterocycles. The van der Waals surface area contributed by atoms with Gasteiger partial charge in [0.2, 0.25) is 0 Å². The molecule has 2 aromatic carbocycles. The summed E-state index contributed by atoms with van der Waals surface area (Å²) in [5.41, 5.74) is 0.953. The zero-order chi connectivity index (χ0) is 20.0. The Labute approximate surface area is 156 Å². The molecule has 2 aromatic rings. The van der Waals surface area contributed by atoms with Crippen molar-refractivity contribution in [3.63, 3.8) is 0 Å². The van der Waals surface area contributed by atoms with Gasteiger partial charge in [-0.2, -0.15) is 0 Å². The Hall–Kier alpha value is -3.16. The van der Waals surface area contributed by atoms with Crippen LogP contribution in [-0.2, 0) is 4.79 Å². The maximum absolute atomic E-state index is 13.3. The number of anilines is 1. The van der Waals surface area contributed by atoms with Crippen molar-refractivity contribution >= 4 is 17.6 Å². The van der Waals surface area contributed by atoms with Crippen LogP contribution in [0.4, 0.5) is 19.3 Å². The molecule has 0 saturated carbocycles. The summed E-state index contributed by atoms with van der Waals surface area (Å²) in [7, 11) is 3.28. The second kappa shape index (κ2) is 8.98. The highest BCUT2D eigenvalue weighted by molar-refractivity contribution is 5.89. The molecule has 3 amide bonds. The van der Waals surface area contributed by atoms with Crippen molar-refractivity contribution in [1.29, 1.82) is 0 Å². The van der Waals surface area contributed by atoms with Gasteiger partial charge in [-0.25, -0.2) is 13.6 Å². The fraction of sp³-hybridized carbons (Fsp3) is 0.263. The number of carbonyl (C=O) groups excluding carboxylic acids is 2. The molecule has 27 heavy (non-hydrogen) atoms. The predicted octanol–water partition coefficient (Wildman–Crippen LogP) is 3.31. The second-order valence-corrected chi connectivity index (χ2v) is 6.09. The minimum atomic E-state index is -0.968. The molecule has 144 valence electrons. The second-order valence-electron chi connectivity index (χ2n) is 6.09. The van der Waals surface area contributed by atoms with Gasteiger partial charge in [-0.15, -0.1) is 0 Å². The third-order valence-electron chi connectivity index (χ3n) is 3.76. The largest absolute Gasteiger partial charge is 0.484 e. The van der Waals surface area contributed by atoms with Crippen LogP contribution in [0, 0.1) is 11.6 Å². The number of nitrogens with one attached hydrogen (secondary N) is 2. The topological polar surface area (TPSA) is 70.7 Å². The van der Waals surface area contributed by atoms with E-state index in [1.54, 1.807) is 45.3 Å². The van der Waals surface area contributed by atoms with Gasteiger partial charge < -0.3 is 20.3 Å². The number of hydrogen-bond donors (Lipinski definition) is 2. The SMILES string of the molecule is CC(NC(=O)Nc1ccc(OCC(=O)N(C)C)cc1)c1ccc(F)c(F)c1. The highest BCUT2D eigenvalue weighted by Gasteiger charge is 2.12. The number of ether oxygens (including phenoxy) is 1. The number of likely N-dealkylation sites (N-methyl/N-ethyl adjacent to an activating group) is 1. The van der Waals surface area contributed by atoms with Crippen LogP contribution in [-0.4, -0.2) is 37.5 Å². The van der Waals surface area contributed by atoms with Crippen LogP contribution in [0.25, 0.3) is 0 Å². The van der Waals surface area contributed by atoms with Crippen LogP contribution < -0.4 is 15.4 Å². The molecular formula is C19H21F2N3O3. The van der Waals surface area contributed by atoms with E-state index in [2.05, 4.69) is 10.6 Å². The normalized spacial score (nSPS) is 11.4. The van der Waals surface area contributed by atoms with Gasteiger partial charge in [-0.3, -0.25) is 4.79 Å². The van der Waals surface area contributed by atoms with Crippen LogP contribution in [0.1, 0.15) is 18.5 Å². The first-order valence-electron chi connectivity index (χ1n) is 8.21. The monoisotopic (exact) mass is 377 g/mol. The number of hydrogen-bond acceptors (Lipinski definition) is 3.